The molecule has 0 bridgehead atoms. The Kier molecular flexibility index (Phi) is 5.30. The summed E-state index contributed by atoms with van der Waals surface area (Å²) in [5.41, 5.74) is 0.169. The third kappa shape index (κ3) is 3.93. The first-order valence-corrected chi connectivity index (χ1v) is 7.19. The summed E-state index contributed by atoms with van der Waals surface area (Å²) in [6.45, 7) is 2.80. The highest BCUT2D eigenvalue weighted by atomic mass is 19.2. The van der Waals surface area contributed by atoms with Crippen molar-refractivity contribution in [2.24, 2.45) is 5.92 Å². The lowest BCUT2D eigenvalue weighted by Gasteiger charge is -2.31. The molecule has 1 fully saturated rings. The molecule has 7 heteroatoms. The van der Waals surface area contributed by atoms with E-state index in [4.69, 9.17) is 4.74 Å². The zero-order chi connectivity index (χ0) is 16.1. The summed E-state index contributed by atoms with van der Waals surface area (Å²) in [6, 6.07) is 2.70. The van der Waals surface area contributed by atoms with Crippen molar-refractivity contribution in [2.45, 2.75) is 19.8 Å². The molecule has 1 aromatic rings. The fraction of sp³-hybridized carbons (Fsp3) is 0.467. The number of ether oxygens (including phenoxy) is 1. The molecule has 22 heavy (non-hydrogen) atoms. The maximum atomic E-state index is 13.1. The summed E-state index contributed by atoms with van der Waals surface area (Å²) in [5.74, 6) is -2.66. The molecule has 0 saturated carbocycles. The molecule has 1 aromatic carbocycles. The van der Waals surface area contributed by atoms with Gasteiger partial charge in [0.05, 0.1) is 12.5 Å². The normalized spacial score (nSPS) is 18.0. The van der Waals surface area contributed by atoms with Gasteiger partial charge < -0.3 is 15.0 Å². The number of urea groups is 1. The number of rotatable bonds is 3. The molecule has 1 N–H and O–H groups in total. The van der Waals surface area contributed by atoms with Gasteiger partial charge in [-0.25, -0.2) is 13.6 Å². The van der Waals surface area contributed by atoms with Crippen molar-refractivity contribution in [3.63, 3.8) is 0 Å². The topological polar surface area (TPSA) is 58.6 Å². The van der Waals surface area contributed by atoms with Gasteiger partial charge in [0.25, 0.3) is 0 Å². The first-order chi connectivity index (χ1) is 10.5. The molecule has 1 aliphatic heterocycles. The molecule has 5 nitrogen and oxygen atoms in total. The number of carbonyl (C=O) groups is 2. The monoisotopic (exact) mass is 312 g/mol. The SMILES string of the molecule is CCOC(=O)C1CCCN(C(=O)Nc2ccc(F)c(F)c2)C1. The van der Waals surface area contributed by atoms with Gasteiger partial charge in [0, 0.05) is 24.8 Å². The standard InChI is InChI=1S/C15H18F2N2O3/c1-2-22-14(20)10-4-3-7-19(9-10)15(21)18-11-5-6-12(16)13(17)8-11/h5-6,8,10H,2-4,7,9H2,1H3,(H,18,21). The molecular weight excluding hydrogens is 294 g/mol. The first kappa shape index (κ1) is 16.2. The second-order valence-electron chi connectivity index (χ2n) is 5.10. The average Bonchev–Trinajstić information content (AvgIpc) is 2.51. The van der Waals surface area contributed by atoms with Gasteiger partial charge in [-0.2, -0.15) is 0 Å². The number of nitrogens with zero attached hydrogens (tertiary/aromatic N) is 1. The van der Waals surface area contributed by atoms with E-state index in [-0.39, 0.29) is 24.1 Å². The van der Waals surface area contributed by atoms with Crippen molar-refractivity contribution < 1.29 is 23.1 Å². The Labute approximate surface area is 127 Å². The van der Waals surface area contributed by atoms with Crippen LogP contribution in [-0.2, 0) is 9.53 Å². The number of anilines is 1. The van der Waals surface area contributed by atoms with Gasteiger partial charge in [0.2, 0.25) is 0 Å². The number of esters is 1. The molecule has 0 aromatic heterocycles. The average molecular weight is 312 g/mol. The van der Waals surface area contributed by atoms with Crippen LogP contribution in [0.3, 0.4) is 0 Å². The lowest BCUT2D eigenvalue weighted by molar-refractivity contribution is -0.149. The zero-order valence-electron chi connectivity index (χ0n) is 12.3. The quantitative estimate of drug-likeness (QED) is 0.873. The molecule has 1 heterocycles. The molecule has 0 radical (unpaired) electrons. The van der Waals surface area contributed by atoms with Crippen molar-refractivity contribution in [3.8, 4) is 0 Å². The number of benzene rings is 1. The maximum absolute atomic E-state index is 13.1. The van der Waals surface area contributed by atoms with Crippen LogP contribution in [0.5, 0.6) is 0 Å². The van der Waals surface area contributed by atoms with E-state index in [1.165, 1.54) is 11.0 Å². The summed E-state index contributed by atoms with van der Waals surface area (Å²) in [5, 5.41) is 2.50. The first-order valence-electron chi connectivity index (χ1n) is 7.19. The Bertz CT molecular complexity index is 566. The summed E-state index contributed by atoms with van der Waals surface area (Å²) < 4.78 is 30.9. The van der Waals surface area contributed by atoms with E-state index in [0.29, 0.717) is 26.0 Å². The number of carbonyl (C=O) groups excluding carboxylic acids is 2. The summed E-state index contributed by atoms with van der Waals surface area (Å²) in [7, 11) is 0. The van der Waals surface area contributed by atoms with Gasteiger partial charge in [-0.05, 0) is 31.9 Å². The number of likely N-dealkylation sites (tertiary alicyclic amines) is 1. The number of hydrogen-bond acceptors (Lipinski definition) is 3. The van der Waals surface area contributed by atoms with Crippen molar-refractivity contribution in [1.29, 1.82) is 0 Å². The smallest absolute Gasteiger partial charge is 0.321 e. The Morgan fingerprint density at radius 1 is 1.36 bits per heavy atom. The van der Waals surface area contributed by atoms with Crippen molar-refractivity contribution in [1.82, 2.24) is 4.90 Å². The van der Waals surface area contributed by atoms with E-state index in [1.54, 1.807) is 6.92 Å². The van der Waals surface area contributed by atoms with Gasteiger partial charge in [0.15, 0.2) is 11.6 Å². The molecule has 2 amide bonds. The van der Waals surface area contributed by atoms with Gasteiger partial charge >= 0.3 is 12.0 Å². The summed E-state index contributed by atoms with van der Waals surface area (Å²) in [6.07, 6.45) is 1.36. The number of piperidine rings is 1. The van der Waals surface area contributed by atoms with Crippen molar-refractivity contribution in [2.75, 3.05) is 25.0 Å². The Hall–Kier alpha value is -2.18. The van der Waals surface area contributed by atoms with Crippen LogP contribution in [0.4, 0.5) is 19.3 Å². The van der Waals surface area contributed by atoms with E-state index < -0.39 is 17.7 Å². The Balaban J connectivity index is 1.96. The zero-order valence-corrected chi connectivity index (χ0v) is 12.3. The highest BCUT2D eigenvalue weighted by Gasteiger charge is 2.29. The third-order valence-corrected chi connectivity index (χ3v) is 3.50. The summed E-state index contributed by atoms with van der Waals surface area (Å²) >= 11 is 0. The lowest BCUT2D eigenvalue weighted by Crippen LogP contribution is -2.44. The van der Waals surface area contributed by atoms with Crippen LogP contribution in [-0.4, -0.2) is 36.6 Å². The van der Waals surface area contributed by atoms with Crippen LogP contribution in [0.2, 0.25) is 0 Å². The van der Waals surface area contributed by atoms with Crippen LogP contribution < -0.4 is 5.32 Å². The number of halogens is 2. The molecule has 1 saturated heterocycles. The van der Waals surface area contributed by atoms with E-state index in [1.807, 2.05) is 0 Å². The number of hydrogen-bond donors (Lipinski definition) is 1. The van der Waals surface area contributed by atoms with Crippen molar-refractivity contribution in [3.05, 3.63) is 29.8 Å². The fourth-order valence-corrected chi connectivity index (χ4v) is 2.39. The maximum Gasteiger partial charge on any atom is 0.321 e. The van der Waals surface area contributed by atoms with E-state index in [0.717, 1.165) is 12.1 Å². The second kappa shape index (κ2) is 7.20. The van der Waals surface area contributed by atoms with Crippen LogP contribution in [0.25, 0.3) is 0 Å². The number of nitrogens with one attached hydrogen (secondary N) is 1. The lowest BCUT2D eigenvalue weighted by atomic mass is 9.98. The number of amides is 2. The molecule has 120 valence electrons. The summed E-state index contributed by atoms with van der Waals surface area (Å²) in [4.78, 5) is 25.3. The van der Waals surface area contributed by atoms with Crippen LogP contribution in [0.15, 0.2) is 18.2 Å². The highest BCUT2D eigenvalue weighted by Crippen LogP contribution is 2.20. The molecule has 0 aliphatic carbocycles. The van der Waals surface area contributed by atoms with Gasteiger partial charge in [-0.3, -0.25) is 4.79 Å². The molecule has 1 unspecified atom stereocenters. The largest absolute Gasteiger partial charge is 0.466 e. The minimum atomic E-state index is -1.03. The minimum Gasteiger partial charge on any atom is -0.466 e. The third-order valence-electron chi connectivity index (χ3n) is 3.50. The van der Waals surface area contributed by atoms with Crippen LogP contribution in [0.1, 0.15) is 19.8 Å². The van der Waals surface area contributed by atoms with Gasteiger partial charge in [0.1, 0.15) is 0 Å². The van der Waals surface area contributed by atoms with E-state index in [2.05, 4.69) is 5.32 Å². The van der Waals surface area contributed by atoms with E-state index >= 15 is 0 Å². The molecular formula is C15H18F2N2O3. The highest BCUT2D eigenvalue weighted by molar-refractivity contribution is 5.89. The van der Waals surface area contributed by atoms with E-state index in [9.17, 15) is 18.4 Å². The predicted molar refractivity (Wildman–Crippen MR) is 76.3 cm³/mol. The van der Waals surface area contributed by atoms with Crippen LogP contribution in [0, 0.1) is 17.6 Å². The minimum absolute atomic E-state index is 0.169. The van der Waals surface area contributed by atoms with Crippen LogP contribution >= 0.6 is 0 Å². The predicted octanol–water partition coefficient (Wildman–Crippen LogP) is 2.77. The Morgan fingerprint density at radius 3 is 2.82 bits per heavy atom. The Morgan fingerprint density at radius 2 is 2.14 bits per heavy atom. The van der Waals surface area contributed by atoms with Crippen molar-refractivity contribution >= 4 is 17.7 Å². The van der Waals surface area contributed by atoms with Gasteiger partial charge in [-0.15, -0.1) is 0 Å². The molecule has 2 rings (SSSR count). The second-order valence-corrected chi connectivity index (χ2v) is 5.10. The van der Waals surface area contributed by atoms with Gasteiger partial charge in [-0.1, -0.05) is 0 Å². The molecule has 0 spiro atoms. The molecule has 1 aliphatic rings. The fourth-order valence-electron chi connectivity index (χ4n) is 2.39. The molecule has 1 atom stereocenters.